The normalized spacial score (nSPS) is 12.2. The first kappa shape index (κ1) is 13.5. The molecule has 2 rings (SSSR count). The third kappa shape index (κ3) is 3.29. The van der Waals surface area contributed by atoms with E-state index in [1.165, 1.54) is 0 Å². The molecular weight excluding hydrogens is 242 g/mol. The largest absolute Gasteiger partial charge is 0.493 e. The molecule has 0 fully saturated rings. The first-order chi connectivity index (χ1) is 9.24. The van der Waals surface area contributed by atoms with Crippen LogP contribution in [0.2, 0.25) is 0 Å². The van der Waals surface area contributed by atoms with Crippen molar-refractivity contribution in [2.75, 3.05) is 14.2 Å². The van der Waals surface area contributed by atoms with Gasteiger partial charge in [0.2, 0.25) is 0 Å². The van der Waals surface area contributed by atoms with E-state index in [2.05, 4.69) is 12.2 Å². The Kier molecular flexibility index (Phi) is 4.47. The highest BCUT2D eigenvalue weighted by atomic mass is 16.5. The lowest BCUT2D eigenvalue weighted by Crippen LogP contribution is -2.17. The Morgan fingerprint density at radius 3 is 2.58 bits per heavy atom. The van der Waals surface area contributed by atoms with Crippen molar-refractivity contribution >= 4 is 0 Å². The molecule has 0 aliphatic heterocycles. The van der Waals surface area contributed by atoms with Crippen LogP contribution in [0.4, 0.5) is 0 Å². The van der Waals surface area contributed by atoms with E-state index in [9.17, 15) is 0 Å². The summed E-state index contributed by atoms with van der Waals surface area (Å²) in [6.45, 7) is 2.88. The number of methoxy groups -OCH3 is 2. The van der Waals surface area contributed by atoms with Crippen LogP contribution in [0.15, 0.2) is 41.2 Å². The maximum atomic E-state index is 5.31. The van der Waals surface area contributed by atoms with Gasteiger partial charge in [-0.3, -0.25) is 0 Å². The van der Waals surface area contributed by atoms with Crippen molar-refractivity contribution in [1.82, 2.24) is 5.32 Å². The quantitative estimate of drug-likeness (QED) is 0.867. The number of hydrogen-bond acceptors (Lipinski definition) is 4. The van der Waals surface area contributed by atoms with Gasteiger partial charge in [-0.2, -0.15) is 0 Å². The van der Waals surface area contributed by atoms with Crippen molar-refractivity contribution in [3.05, 3.63) is 47.9 Å². The molecular formula is C15H19NO3. The van der Waals surface area contributed by atoms with Crippen molar-refractivity contribution in [3.8, 4) is 11.5 Å². The molecule has 1 unspecified atom stereocenters. The summed E-state index contributed by atoms with van der Waals surface area (Å²) in [7, 11) is 3.28. The lowest BCUT2D eigenvalue weighted by atomic mass is 10.1. The monoisotopic (exact) mass is 261 g/mol. The first-order valence-electron chi connectivity index (χ1n) is 6.21. The number of benzene rings is 1. The standard InChI is InChI=1S/C15H19NO3/c1-11(16-9-12-6-7-19-10-12)13-4-5-14(17-2)15(8-13)18-3/h4-8,10-11,16H,9H2,1-3H3. The van der Waals surface area contributed by atoms with E-state index >= 15 is 0 Å². The molecule has 0 radical (unpaired) electrons. The summed E-state index contributed by atoms with van der Waals surface area (Å²) in [6, 6.07) is 8.12. The topological polar surface area (TPSA) is 43.6 Å². The zero-order valence-corrected chi connectivity index (χ0v) is 11.5. The summed E-state index contributed by atoms with van der Waals surface area (Å²) >= 11 is 0. The molecule has 0 saturated heterocycles. The lowest BCUT2D eigenvalue weighted by molar-refractivity contribution is 0.354. The van der Waals surface area contributed by atoms with Crippen LogP contribution < -0.4 is 14.8 Å². The van der Waals surface area contributed by atoms with Crippen molar-refractivity contribution in [3.63, 3.8) is 0 Å². The Hall–Kier alpha value is -1.94. The van der Waals surface area contributed by atoms with Gasteiger partial charge in [0.05, 0.1) is 26.7 Å². The number of ether oxygens (including phenoxy) is 2. The summed E-state index contributed by atoms with van der Waals surface area (Å²) in [5.74, 6) is 1.49. The second-order valence-electron chi connectivity index (χ2n) is 4.35. The molecule has 0 aliphatic carbocycles. The minimum absolute atomic E-state index is 0.217. The molecule has 1 aromatic heterocycles. The van der Waals surface area contributed by atoms with Crippen LogP contribution >= 0.6 is 0 Å². The number of hydrogen-bond donors (Lipinski definition) is 1. The molecule has 0 spiro atoms. The van der Waals surface area contributed by atoms with Gasteiger partial charge in [0.1, 0.15) is 0 Å². The van der Waals surface area contributed by atoms with Crippen molar-refractivity contribution in [2.24, 2.45) is 0 Å². The number of rotatable bonds is 6. The van der Waals surface area contributed by atoms with E-state index in [-0.39, 0.29) is 6.04 Å². The summed E-state index contributed by atoms with van der Waals surface area (Å²) in [6.07, 6.45) is 3.42. The van der Waals surface area contributed by atoms with Crippen LogP contribution in [-0.4, -0.2) is 14.2 Å². The van der Waals surface area contributed by atoms with Crippen LogP contribution in [0.3, 0.4) is 0 Å². The third-order valence-electron chi connectivity index (χ3n) is 3.10. The van der Waals surface area contributed by atoms with Crippen molar-refractivity contribution in [1.29, 1.82) is 0 Å². The van der Waals surface area contributed by atoms with E-state index in [4.69, 9.17) is 13.9 Å². The van der Waals surface area contributed by atoms with Gasteiger partial charge >= 0.3 is 0 Å². The average molecular weight is 261 g/mol. The van der Waals surface area contributed by atoms with Gasteiger partial charge in [-0.1, -0.05) is 6.07 Å². The Labute approximate surface area is 113 Å². The molecule has 19 heavy (non-hydrogen) atoms. The van der Waals surface area contributed by atoms with E-state index in [1.807, 2.05) is 24.3 Å². The van der Waals surface area contributed by atoms with Crippen molar-refractivity contribution < 1.29 is 13.9 Å². The van der Waals surface area contributed by atoms with E-state index in [0.29, 0.717) is 0 Å². The maximum absolute atomic E-state index is 5.31. The molecule has 0 aliphatic rings. The van der Waals surface area contributed by atoms with E-state index in [1.54, 1.807) is 26.7 Å². The molecule has 1 heterocycles. The molecule has 2 aromatic rings. The molecule has 1 aromatic carbocycles. The third-order valence-corrected chi connectivity index (χ3v) is 3.10. The lowest BCUT2D eigenvalue weighted by Gasteiger charge is -2.16. The summed E-state index contributed by atoms with van der Waals surface area (Å²) in [4.78, 5) is 0. The smallest absolute Gasteiger partial charge is 0.161 e. The van der Waals surface area contributed by atoms with Gasteiger partial charge in [-0.25, -0.2) is 0 Å². The van der Waals surface area contributed by atoms with Crippen molar-refractivity contribution in [2.45, 2.75) is 19.5 Å². The Morgan fingerprint density at radius 2 is 1.95 bits per heavy atom. The highest BCUT2D eigenvalue weighted by molar-refractivity contribution is 5.43. The molecule has 1 atom stereocenters. The Bertz CT molecular complexity index is 508. The van der Waals surface area contributed by atoms with Gasteiger partial charge in [0, 0.05) is 18.2 Å². The summed E-state index contributed by atoms with van der Waals surface area (Å²) in [5.41, 5.74) is 2.29. The minimum Gasteiger partial charge on any atom is -0.493 e. The molecule has 4 heteroatoms. The molecule has 4 nitrogen and oxygen atoms in total. The van der Waals surface area contributed by atoms with Crippen LogP contribution in [0.25, 0.3) is 0 Å². The minimum atomic E-state index is 0.217. The van der Waals surface area contributed by atoms with E-state index in [0.717, 1.165) is 29.2 Å². The molecule has 0 bridgehead atoms. The molecule has 102 valence electrons. The van der Waals surface area contributed by atoms with Crippen LogP contribution in [-0.2, 0) is 6.54 Å². The second kappa shape index (κ2) is 6.29. The molecule has 1 N–H and O–H groups in total. The fourth-order valence-electron chi connectivity index (χ4n) is 1.90. The Morgan fingerprint density at radius 1 is 1.16 bits per heavy atom. The van der Waals surface area contributed by atoms with Crippen LogP contribution in [0.5, 0.6) is 11.5 Å². The Balaban J connectivity index is 2.04. The fraction of sp³-hybridized carbons (Fsp3) is 0.333. The number of furan rings is 1. The zero-order valence-electron chi connectivity index (χ0n) is 11.5. The zero-order chi connectivity index (χ0) is 13.7. The summed E-state index contributed by atoms with van der Waals surface area (Å²) < 4.78 is 15.6. The van der Waals surface area contributed by atoms with Gasteiger partial charge in [-0.05, 0) is 30.7 Å². The summed E-state index contributed by atoms with van der Waals surface area (Å²) in [5, 5.41) is 3.43. The van der Waals surface area contributed by atoms with Gasteiger partial charge < -0.3 is 19.2 Å². The predicted octanol–water partition coefficient (Wildman–Crippen LogP) is 3.15. The SMILES string of the molecule is COc1ccc(C(C)NCc2ccoc2)cc1OC. The second-order valence-corrected chi connectivity index (χ2v) is 4.35. The maximum Gasteiger partial charge on any atom is 0.161 e. The number of nitrogens with one attached hydrogen (secondary N) is 1. The van der Waals surface area contributed by atoms with E-state index < -0.39 is 0 Å². The highest BCUT2D eigenvalue weighted by Crippen LogP contribution is 2.29. The first-order valence-corrected chi connectivity index (χ1v) is 6.21. The molecule has 0 saturated carbocycles. The van der Waals surface area contributed by atoms with Crippen LogP contribution in [0.1, 0.15) is 24.1 Å². The highest BCUT2D eigenvalue weighted by Gasteiger charge is 2.10. The van der Waals surface area contributed by atoms with Gasteiger partial charge in [0.15, 0.2) is 11.5 Å². The average Bonchev–Trinajstić information content (AvgIpc) is 2.97. The fourth-order valence-corrected chi connectivity index (χ4v) is 1.90. The predicted molar refractivity (Wildman–Crippen MR) is 73.5 cm³/mol. The van der Waals surface area contributed by atoms with Gasteiger partial charge in [0.25, 0.3) is 0 Å². The molecule has 0 amide bonds. The van der Waals surface area contributed by atoms with Gasteiger partial charge in [-0.15, -0.1) is 0 Å². The van der Waals surface area contributed by atoms with Crippen LogP contribution in [0, 0.1) is 0 Å².